The van der Waals surface area contributed by atoms with Gasteiger partial charge in [-0.2, -0.15) is 13.2 Å². The van der Waals surface area contributed by atoms with Gasteiger partial charge in [-0.05, 0) is 6.07 Å². The lowest BCUT2D eigenvalue weighted by Gasteiger charge is -2.07. The summed E-state index contributed by atoms with van der Waals surface area (Å²) < 4.78 is 49.0. The van der Waals surface area contributed by atoms with Gasteiger partial charge in [-0.1, -0.05) is 12.2 Å². The first-order valence-corrected chi connectivity index (χ1v) is 3.75. The molecule has 0 saturated carbocycles. The monoisotopic (exact) mass is 224 g/mol. The molecule has 1 rings (SSSR count). The van der Waals surface area contributed by atoms with Gasteiger partial charge in [0.15, 0.2) is 5.82 Å². The van der Waals surface area contributed by atoms with Crippen molar-refractivity contribution in [2.75, 3.05) is 0 Å². The fraction of sp³-hybridized carbons (Fsp3) is 0.143. The summed E-state index contributed by atoms with van der Waals surface area (Å²) in [5.74, 6) is -1.17. The Morgan fingerprint density at radius 1 is 1.43 bits per heavy atom. The largest absolute Gasteiger partial charge is 0.417 e. The van der Waals surface area contributed by atoms with Crippen LogP contribution < -0.4 is 5.73 Å². The minimum Gasteiger partial charge on any atom is -0.388 e. The second kappa shape index (κ2) is 3.49. The molecule has 2 N–H and O–H groups in total. The van der Waals surface area contributed by atoms with E-state index in [9.17, 15) is 17.6 Å². The number of hydrogen-bond acceptors (Lipinski definition) is 2. The molecule has 14 heavy (non-hydrogen) atoms. The molecule has 1 heterocycles. The predicted octanol–water partition coefficient (Wildman–Crippen LogP) is 1.87. The second-order valence-electron chi connectivity index (χ2n) is 2.42. The van der Waals surface area contributed by atoms with Gasteiger partial charge in [-0.3, -0.25) is 4.98 Å². The summed E-state index contributed by atoms with van der Waals surface area (Å²) in [7, 11) is 0. The van der Waals surface area contributed by atoms with Crippen molar-refractivity contribution in [1.29, 1.82) is 0 Å². The van der Waals surface area contributed by atoms with E-state index in [4.69, 9.17) is 5.73 Å². The normalized spacial score (nSPS) is 11.4. The molecule has 0 spiro atoms. The summed E-state index contributed by atoms with van der Waals surface area (Å²) in [6.07, 6.45) is -4.14. The van der Waals surface area contributed by atoms with Crippen LogP contribution in [0.5, 0.6) is 0 Å². The fourth-order valence-corrected chi connectivity index (χ4v) is 0.924. The lowest BCUT2D eigenvalue weighted by molar-refractivity contribution is -0.138. The van der Waals surface area contributed by atoms with Crippen LogP contribution in [0.4, 0.5) is 17.6 Å². The number of thiocarbonyl (C=S) groups is 1. The molecule has 0 aromatic carbocycles. The van der Waals surface area contributed by atoms with Gasteiger partial charge in [0.25, 0.3) is 0 Å². The number of nitrogens with zero attached hydrogens (tertiary/aromatic N) is 1. The quantitative estimate of drug-likeness (QED) is 0.584. The fourth-order valence-electron chi connectivity index (χ4n) is 0.774. The highest BCUT2D eigenvalue weighted by molar-refractivity contribution is 7.80. The highest BCUT2D eigenvalue weighted by Crippen LogP contribution is 2.29. The van der Waals surface area contributed by atoms with Crippen LogP contribution in [0.1, 0.15) is 11.3 Å². The van der Waals surface area contributed by atoms with Gasteiger partial charge in [-0.25, -0.2) is 4.39 Å². The molecule has 0 unspecified atom stereocenters. The molecule has 1 aromatic heterocycles. The van der Waals surface area contributed by atoms with E-state index >= 15 is 0 Å². The number of halogens is 4. The van der Waals surface area contributed by atoms with Crippen molar-refractivity contribution in [3.63, 3.8) is 0 Å². The van der Waals surface area contributed by atoms with Crippen LogP contribution in [0.2, 0.25) is 0 Å². The number of aromatic nitrogens is 1. The van der Waals surface area contributed by atoms with E-state index in [1.165, 1.54) is 0 Å². The Bertz CT molecular complexity index is 374. The maximum absolute atomic E-state index is 12.9. The summed E-state index contributed by atoms with van der Waals surface area (Å²) in [6, 6.07) is 0.307. The van der Waals surface area contributed by atoms with E-state index in [0.717, 1.165) is 0 Å². The summed E-state index contributed by atoms with van der Waals surface area (Å²) >= 11 is 4.38. The van der Waals surface area contributed by atoms with Gasteiger partial charge >= 0.3 is 6.18 Å². The number of pyridine rings is 1. The highest BCUT2D eigenvalue weighted by Gasteiger charge is 2.32. The van der Waals surface area contributed by atoms with Gasteiger partial charge in [-0.15, -0.1) is 0 Å². The van der Waals surface area contributed by atoms with E-state index in [1.54, 1.807) is 0 Å². The second-order valence-corrected chi connectivity index (χ2v) is 2.86. The van der Waals surface area contributed by atoms with Crippen LogP contribution in [0.15, 0.2) is 12.3 Å². The topological polar surface area (TPSA) is 38.9 Å². The summed E-state index contributed by atoms with van der Waals surface area (Å²) in [4.78, 5) is 2.80. The van der Waals surface area contributed by atoms with Gasteiger partial charge in [0.2, 0.25) is 0 Å². The molecule has 0 aliphatic rings. The molecule has 0 radical (unpaired) electrons. The van der Waals surface area contributed by atoms with E-state index in [1.807, 2.05) is 0 Å². The third-order valence-corrected chi connectivity index (χ3v) is 1.60. The highest BCUT2D eigenvalue weighted by atomic mass is 32.1. The molecular formula is C7H4F4N2S. The van der Waals surface area contributed by atoms with Crippen LogP contribution in [0, 0.1) is 5.82 Å². The van der Waals surface area contributed by atoms with Crippen molar-refractivity contribution in [3.05, 3.63) is 29.3 Å². The number of alkyl halides is 3. The summed E-state index contributed by atoms with van der Waals surface area (Å²) in [5, 5.41) is 0. The minimum atomic E-state index is -4.62. The molecular weight excluding hydrogens is 220 g/mol. The molecule has 1 aromatic rings. The smallest absolute Gasteiger partial charge is 0.388 e. The SMILES string of the molecule is NC(=S)c1ncc(C(F)(F)F)cc1F. The lowest BCUT2D eigenvalue weighted by Crippen LogP contribution is -2.16. The Morgan fingerprint density at radius 2 is 2.00 bits per heavy atom. The number of nitrogens with two attached hydrogens (primary N) is 1. The van der Waals surface area contributed by atoms with Crippen molar-refractivity contribution in [3.8, 4) is 0 Å². The Morgan fingerprint density at radius 3 is 2.36 bits per heavy atom. The van der Waals surface area contributed by atoms with E-state index in [2.05, 4.69) is 17.2 Å². The maximum Gasteiger partial charge on any atom is 0.417 e. The van der Waals surface area contributed by atoms with E-state index in [0.29, 0.717) is 12.3 Å². The first-order chi connectivity index (χ1) is 6.32. The average molecular weight is 224 g/mol. The van der Waals surface area contributed by atoms with Crippen molar-refractivity contribution in [2.24, 2.45) is 5.73 Å². The Labute approximate surface area is 81.7 Å². The number of rotatable bonds is 1. The third-order valence-electron chi connectivity index (χ3n) is 1.40. The first kappa shape index (κ1) is 10.8. The lowest BCUT2D eigenvalue weighted by atomic mass is 10.2. The summed E-state index contributed by atoms with van der Waals surface area (Å²) in [6.45, 7) is 0. The van der Waals surface area contributed by atoms with Crippen LogP contribution in [0.3, 0.4) is 0 Å². The van der Waals surface area contributed by atoms with Gasteiger partial charge in [0.05, 0.1) is 5.56 Å². The van der Waals surface area contributed by atoms with Crippen LogP contribution in [-0.2, 0) is 6.18 Å². The van der Waals surface area contributed by atoms with E-state index < -0.39 is 23.3 Å². The first-order valence-electron chi connectivity index (χ1n) is 3.35. The molecule has 0 aliphatic heterocycles. The zero-order chi connectivity index (χ0) is 10.9. The summed E-state index contributed by atoms with van der Waals surface area (Å²) in [5.41, 5.74) is 3.41. The van der Waals surface area contributed by atoms with E-state index in [-0.39, 0.29) is 4.99 Å². The predicted molar refractivity (Wildman–Crippen MR) is 45.1 cm³/mol. The Hall–Kier alpha value is -1.24. The maximum atomic E-state index is 12.9. The average Bonchev–Trinajstić information content (AvgIpc) is 2.01. The van der Waals surface area contributed by atoms with Crippen LogP contribution >= 0.6 is 12.2 Å². The molecule has 76 valence electrons. The molecule has 0 fully saturated rings. The van der Waals surface area contributed by atoms with Crippen LogP contribution in [-0.4, -0.2) is 9.97 Å². The third kappa shape index (κ3) is 2.16. The zero-order valence-corrected chi connectivity index (χ0v) is 7.42. The molecule has 0 saturated heterocycles. The van der Waals surface area contributed by atoms with Crippen molar-refractivity contribution in [1.82, 2.24) is 4.98 Å². The van der Waals surface area contributed by atoms with Crippen molar-refractivity contribution in [2.45, 2.75) is 6.18 Å². The Balaban J connectivity index is 3.20. The van der Waals surface area contributed by atoms with Gasteiger partial charge < -0.3 is 5.73 Å². The number of hydrogen-bond donors (Lipinski definition) is 1. The Kier molecular flexibility index (Phi) is 2.70. The molecule has 7 heteroatoms. The van der Waals surface area contributed by atoms with Crippen molar-refractivity contribution < 1.29 is 17.6 Å². The molecule has 0 amide bonds. The van der Waals surface area contributed by atoms with Gasteiger partial charge in [0, 0.05) is 6.20 Å². The minimum absolute atomic E-state index is 0.307. The zero-order valence-electron chi connectivity index (χ0n) is 6.60. The standard InChI is InChI=1S/C7H4F4N2S/c8-4-1-3(7(9,10)11)2-13-5(4)6(12)14/h1-2H,(H2,12,14). The molecule has 0 bridgehead atoms. The molecule has 0 aliphatic carbocycles. The van der Waals surface area contributed by atoms with Gasteiger partial charge in [0.1, 0.15) is 10.7 Å². The molecule has 0 atom stereocenters. The molecule has 2 nitrogen and oxygen atoms in total. The van der Waals surface area contributed by atoms with Crippen LogP contribution in [0.25, 0.3) is 0 Å². The van der Waals surface area contributed by atoms with Crippen molar-refractivity contribution >= 4 is 17.2 Å².